The summed E-state index contributed by atoms with van der Waals surface area (Å²) in [6.45, 7) is 0. The van der Waals surface area contributed by atoms with E-state index in [1.807, 2.05) is 0 Å². The van der Waals surface area contributed by atoms with Crippen molar-refractivity contribution in [3.8, 4) is 0 Å². The lowest BCUT2D eigenvalue weighted by atomic mass is 10.2. The molecule has 27 heavy (non-hydrogen) atoms. The molecule has 0 saturated carbocycles. The van der Waals surface area contributed by atoms with Crippen molar-refractivity contribution in [2.75, 3.05) is 14.2 Å². The lowest BCUT2D eigenvalue weighted by Gasteiger charge is -2.08. The minimum Gasteiger partial charge on any atom is -0.594 e. The Bertz CT molecular complexity index is 966. The molecule has 0 bridgehead atoms. The number of benzene rings is 2. The molecular weight excluding hydrogens is 498 g/mol. The highest BCUT2D eigenvalue weighted by molar-refractivity contribution is 9.11. The molecule has 0 unspecified atom stereocenters. The molecule has 0 saturated heterocycles. The highest BCUT2D eigenvalue weighted by Crippen LogP contribution is 2.35. The van der Waals surface area contributed by atoms with Gasteiger partial charge in [0.25, 0.3) is 5.69 Å². The van der Waals surface area contributed by atoms with Crippen LogP contribution in [0.1, 0.15) is 20.7 Å². The van der Waals surface area contributed by atoms with Crippen LogP contribution in [0.2, 0.25) is 0 Å². The number of hydrogen-bond donors (Lipinski definition) is 0. The van der Waals surface area contributed by atoms with E-state index in [1.165, 1.54) is 0 Å². The minimum absolute atomic E-state index is 0.00248. The zero-order valence-corrected chi connectivity index (χ0v) is 16.9. The molecule has 2 aromatic carbocycles. The van der Waals surface area contributed by atoms with Crippen LogP contribution in [0.25, 0.3) is 0 Å². The van der Waals surface area contributed by atoms with E-state index in [-0.39, 0.29) is 36.3 Å². The second kappa shape index (κ2) is 8.53. The summed E-state index contributed by atoms with van der Waals surface area (Å²) in [6.07, 6.45) is 0. The van der Waals surface area contributed by atoms with Gasteiger partial charge in [0.05, 0.1) is 35.9 Å². The van der Waals surface area contributed by atoms with Crippen molar-refractivity contribution in [2.45, 2.75) is 0 Å². The number of rotatable bonds is 4. The van der Waals surface area contributed by atoms with Crippen LogP contribution < -0.4 is 0 Å². The fraction of sp³-hybridized carbons (Fsp3) is 0.125. The third kappa shape index (κ3) is 4.48. The van der Waals surface area contributed by atoms with Gasteiger partial charge >= 0.3 is 11.9 Å². The molecule has 0 aliphatic heterocycles. The third-order valence-corrected chi connectivity index (χ3v) is 4.92. The number of ether oxygens (including phenoxy) is 2. The van der Waals surface area contributed by atoms with Crippen molar-refractivity contribution >= 4 is 55.2 Å². The maximum atomic E-state index is 13.8. The number of azo groups is 1. The Morgan fingerprint density at radius 1 is 0.963 bits per heavy atom. The van der Waals surface area contributed by atoms with E-state index in [9.17, 15) is 23.6 Å². The summed E-state index contributed by atoms with van der Waals surface area (Å²) in [5.41, 5.74) is -1.05. The molecule has 7 nitrogen and oxygen atoms in total. The first-order valence-electron chi connectivity index (χ1n) is 7.03. The van der Waals surface area contributed by atoms with Gasteiger partial charge < -0.3 is 14.7 Å². The van der Waals surface area contributed by atoms with E-state index in [0.717, 1.165) is 38.5 Å². The van der Waals surface area contributed by atoms with Gasteiger partial charge in [-0.25, -0.2) is 18.4 Å². The van der Waals surface area contributed by atoms with Crippen LogP contribution >= 0.6 is 31.9 Å². The molecule has 142 valence electrons. The van der Waals surface area contributed by atoms with E-state index in [1.54, 1.807) is 0 Å². The Morgan fingerprint density at radius 2 is 1.44 bits per heavy atom. The summed E-state index contributed by atoms with van der Waals surface area (Å²) < 4.78 is 36.5. The van der Waals surface area contributed by atoms with Gasteiger partial charge in [0.2, 0.25) is 0 Å². The first-order chi connectivity index (χ1) is 12.7. The van der Waals surface area contributed by atoms with E-state index >= 15 is 0 Å². The van der Waals surface area contributed by atoms with Crippen LogP contribution in [0.15, 0.2) is 38.3 Å². The summed E-state index contributed by atoms with van der Waals surface area (Å²) in [4.78, 5) is 23.4. The van der Waals surface area contributed by atoms with Gasteiger partial charge in [-0.2, -0.15) is 0 Å². The van der Waals surface area contributed by atoms with Crippen LogP contribution in [-0.2, 0) is 9.47 Å². The lowest BCUT2D eigenvalue weighted by molar-refractivity contribution is -0.436. The molecule has 0 radical (unpaired) electrons. The van der Waals surface area contributed by atoms with Crippen LogP contribution in [0, 0.1) is 16.8 Å². The Balaban J connectivity index is 2.62. The number of esters is 2. The molecule has 0 aliphatic carbocycles. The van der Waals surface area contributed by atoms with Gasteiger partial charge in [-0.3, -0.25) is 0 Å². The number of nitrogens with zero attached hydrogens (tertiary/aromatic N) is 2. The number of methoxy groups -OCH3 is 2. The molecule has 0 amide bonds. The monoisotopic (exact) mass is 506 g/mol. The first kappa shape index (κ1) is 20.9. The number of carbonyl (C=O) groups excluding carboxylic acids is 2. The molecule has 11 heteroatoms. The van der Waals surface area contributed by atoms with Crippen LogP contribution in [-0.4, -0.2) is 31.0 Å². The Morgan fingerprint density at radius 3 is 1.96 bits per heavy atom. The molecule has 2 aromatic rings. The lowest BCUT2D eigenvalue weighted by Crippen LogP contribution is -2.06. The third-order valence-electron chi connectivity index (χ3n) is 3.25. The average molecular weight is 508 g/mol. The molecule has 0 aromatic heterocycles. The highest BCUT2D eigenvalue weighted by atomic mass is 79.9. The topological polar surface area (TPSA) is 91.0 Å². The van der Waals surface area contributed by atoms with Gasteiger partial charge in [-0.05, 0) is 48.9 Å². The van der Waals surface area contributed by atoms with Crippen molar-refractivity contribution in [3.05, 3.63) is 61.2 Å². The average Bonchev–Trinajstić information content (AvgIpc) is 2.64. The van der Waals surface area contributed by atoms with Gasteiger partial charge in [0.1, 0.15) is 21.8 Å². The van der Waals surface area contributed by atoms with Crippen molar-refractivity contribution in [1.29, 1.82) is 0 Å². The molecule has 2 rings (SSSR count). The molecule has 0 spiro atoms. The molecular formula is C16H10Br2F2N2O5. The Hall–Kier alpha value is -2.40. The standard InChI is InChI=1S/C16H10Br2F2N2O5/c1-26-15(23)9-3-7(19)5-11(13(9)17)21-22(25)12-6-8(20)4-10(14(12)18)16(24)27-2/h3-6H,1-2H3. The van der Waals surface area contributed by atoms with Gasteiger partial charge in [-0.1, -0.05) is 0 Å². The molecule has 0 fully saturated rings. The van der Waals surface area contributed by atoms with Crippen molar-refractivity contribution in [1.82, 2.24) is 0 Å². The van der Waals surface area contributed by atoms with Crippen LogP contribution in [0.4, 0.5) is 20.2 Å². The van der Waals surface area contributed by atoms with Gasteiger partial charge in [0.15, 0.2) is 0 Å². The summed E-state index contributed by atoms with van der Waals surface area (Å²) in [5, 5.41) is 16.0. The van der Waals surface area contributed by atoms with E-state index in [4.69, 9.17) is 0 Å². The predicted octanol–water partition coefficient (Wildman–Crippen LogP) is 4.99. The second-order valence-electron chi connectivity index (χ2n) is 4.93. The first-order valence-corrected chi connectivity index (χ1v) is 8.61. The summed E-state index contributed by atoms with van der Waals surface area (Å²) in [7, 11) is 2.20. The Labute approximate surface area is 168 Å². The molecule has 0 aliphatic rings. The maximum Gasteiger partial charge on any atom is 0.339 e. The van der Waals surface area contributed by atoms with E-state index < -0.39 is 23.6 Å². The molecule has 0 heterocycles. The van der Waals surface area contributed by atoms with Crippen molar-refractivity contribution < 1.29 is 32.7 Å². The van der Waals surface area contributed by atoms with Gasteiger partial charge in [0, 0.05) is 11.2 Å². The zero-order chi connectivity index (χ0) is 20.3. The fourth-order valence-electron chi connectivity index (χ4n) is 2.03. The smallest absolute Gasteiger partial charge is 0.339 e. The predicted molar refractivity (Wildman–Crippen MR) is 96.3 cm³/mol. The zero-order valence-electron chi connectivity index (χ0n) is 13.8. The minimum atomic E-state index is -0.891. The second-order valence-corrected chi connectivity index (χ2v) is 6.52. The number of halogens is 4. The summed E-state index contributed by atoms with van der Waals surface area (Å²) in [5.74, 6) is -3.47. The van der Waals surface area contributed by atoms with Crippen molar-refractivity contribution in [3.63, 3.8) is 0 Å². The Kier molecular flexibility index (Phi) is 6.60. The maximum absolute atomic E-state index is 13.8. The SMILES string of the molecule is COC(=O)c1cc(F)cc(N=[N+]([O-])c2cc(F)cc(C(=O)OC)c2Br)c1Br. The van der Waals surface area contributed by atoms with E-state index in [0.29, 0.717) is 0 Å². The molecule has 0 atom stereocenters. The van der Waals surface area contributed by atoms with E-state index in [2.05, 4.69) is 46.4 Å². The molecule has 0 N–H and O–H groups in total. The number of carbonyl (C=O) groups is 2. The largest absolute Gasteiger partial charge is 0.594 e. The van der Waals surface area contributed by atoms with Crippen molar-refractivity contribution in [2.24, 2.45) is 5.11 Å². The summed E-state index contributed by atoms with van der Waals surface area (Å²) >= 11 is 6.08. The normalized spacial score (nSPS) is 11.3. The quantitative estimate of drug-likeness (QED) is 0.251. The fourth-order valence-corrected chi connectivity index (χ4v) is 3.04. The number of hydrogen-bond acceptors (Lipinski definition) is 6. The highest BCUT2D eigenvalue weighted by Gasteiger charge is 2.23. The van der Waals surface area contributed by atoms with Crippen LogP contribution in [0.5, 0.6) is 0 Å². The van der Waals surface area contributed by atoms with Crippen LogP contribution in [0.3, 0.4) is 0 Å². The summed E-state index contributed by atoms with van der Waals surface area (Å²) in [6, 6.07) is 3.48. The van der Waals surface area contributed by atoms with Gasteiger partial charge in [-0.15, -0.1) is 0 Å².